The quantitative estimate of drug-likeness (QED) is 0.832. The van der Waals surface area contributed by atoms with Crippen LogP contribution in [0.4, 0.5) is 0 Å². The van der Waals surface area contributed by atoms with Crippen molar-refractivity contribution in [3.05, 3.63) is 0 Å². The fourth-order valence-corrected chi connectivity index (χ4v) is 3.57. The first-order valence-electron chi connectivity index (χ1n) is 7.83. The number of nitrogens with one attached hydrogen (secondary N) is 2. The Labute approximate surface area is 129 Å². The van der Waals surface area contributed by atoms with Gasteiger partial charge in [0, 0.05) is 25.6 Å². The van der Waals surface area contributed by atoms with Crippen LogP contribution in [0.1, 0.15) is 45.4 Å². The molecule has 20 heavy (non-hydrogen) atoms. The second-order valence-corrected chi connectivity index (χ2v) is 6.34. The standard InChI is InChI=1S/C15H29N3O.ClH/c1-12(19)17-14-3-5-15(6-4-14)18(2)11-13-7-9-16-10-8-13;/h13-16H,3-11H2,1-2H3,(H,17,19);1H. The molecule has 5 heteroatoms. The number of halogens is 1. The summed E-state index contributed by atoms with van der Waals surface area (Å²) in [5.41, 5.74) is 0. The van der Waals surface area contributed by atoms with E-state index in [-0.39, 0.29) is 18.3 Å². The van der Waals surface area contributed by atoms with Gasteiger partial charge in [-0.25, -0.2) is 0 Å². The smallest absolute Gasteiger partial charge is 0.217 e. The van der Waals surface area contributed by atoms with Crippen molar-refractivity contribution in [2.24, 2.45) is 5.92 Å². The molecular weight excluding hydrogens is 274 g/mol. The third-order valence-electron chi connectivity index (χ3n) is 4.73. The highest BCUT2D eigenvalue weighted by Crippen LogP contribution is 2.24. The Morgan fingerprint density at radius 3 is 2.30 bits per heavy atom. The van der Waals surface area contributed by atoms with Crippen LogP contribution in [0, 0.1) is 5.92 Å². The number of carbonyl (C=O) groups is 1. The highest BCUT2D eigenvalue weighted by Gasteiger charge is 2.26. The summed E-state index contributed by atoms with van der Waals surface area (Å²) in [6, 6.07) is 1.14. The summed E-state index contributed by atoms with van der Waals surface area (Å²) in [4.78, 5) is 13.6. The lowest BCUT2D eigenvalue weighted by molar-refractivity contribution is -0.119. The van der Waals surface area contributed by atoms with E-state index in [9.17, 15) is 4.79 Å². The minimum atomic E-state index is 0. The van der Waals surface area contributed by atoms with Gasteiger partial charge in [0.25, 0.3) is 0 Å². The predicted molar refractivity (Wildman–Crippen MR) is 85.3 cm³/mol. The lowest BCUT2D eigenvalue weighted by atomic mass is 9.89. The van der Waals surface area contributed by atoms with E-state index >= 15 is 0 Å². The maximum Gasteiger partial charge on any atom is 0.217 e. The Bertz CT molecular complexity index is 287. The van der Waals surface area contributed by atoms with E-state index < -0.39 is 0 Å². The Kier molecular flexibility index (Phi) is 7.85. The molecule has 0 bridgehead atoms. The zero-order valence-electron chi connectivity index (χ0n) is 12.9. The first kappa shape index (κ1) is 17.7. The van der Waals surface area contributed by atoms with E-state index in [4.69, 9.17) is 0 Å². The van der Waals surface area contributed by atoms with E-state index in [0.717, 1.165) is 24.8 Å². The van der Waals surface area contributed by atoms with Gasteiger partial charge in [0.15, 0.2) is 0 Å². The third kappa shape index (κ3) is 5.58. The van der Waals surface area contributed by atoms with Crippen LogP contribution in [0.3, 0.4) is 0 Å². The maximum absolute atomic E-state index is 11.1. The average Bonchev–Trinajstić information content (AvgIpc) is 2.40. The van der Waals surface area contributed by atoms with Gasteiger partial charge in [-0.3, -0.25) is 4.79 Å². The van der Waals surface area contributed by atoms with E-state index in [2.05, 4.69) is 22.6 Å². The maximum atomic E-state index is 11.1. The number of rotatable bonds is 4. The van der Waals surface area contributed by atoms with Crippen molar-refractivity contribution in [2.75, 3.05) is 26.7 Å². The van der Waals surface area contributed by atoms with Crippen molar-refractivity contribution in [2.45, 2.75) is 57.5 Å². The third-order valence-corrected chi connectivity index (χ3v) is 4.73. The Hall–Kier alpha value is -0.320. The zero-order chi connectivity index (χ0) is 13.7. The van der Waals surface area contributed by atoms with Gasteiger partial charge in [-0.15, -0.1) is 12.4 Å². The van der Waals surface area contributed by atoms with Crippen molar-refractivity contribution in [3.63, 3.8) is 0 Å². The highest BCUT2D eigenvalue weighted by molar-refractivity contribution is 5.85. The molecule has 0 unspecified atom stereocenters. The number of piperidine rings is 1. The lowest BCUT2D eigenvalue weighted by Crippen LogP contribution is -2.44. The minimum Gasteiger partial charge on any atom is -0.354 e. The van der Waals surface area contributed by atoms with Gasteiger partial charge >= 0.3 is 0 Å². The SMILES string of the molecule is CC(=O)NC1CCC(N(C)CC2CCNCC2)CC1.Cl. The van der Waals surface area contributed by atoms with Gasteiger partial charge < -0.3 is 15.5 Å². The highest BCUT2D eigenvalue weighted by atomic mass is 35.5. The molecule has 2 fully saturated rings. The number of amides is 1. The van der Waals surface area contributed by atoms with Crippen molar-refractivity contribution in [3.8, 4) is 0 Å². The molecule has 1 saturated heterocycles. The van der Waals surface area contributed by atoms with Crippen LogP contribution >= 0.6 is 12.4 Å². The largest absolute Gasteiger partial charge is 0.354 e. The number of nitrogens with zero attached hydrogens (tertiary/aromatic N) is 1. The monoisotopic (exact) mass is 303 g/mol. The summed E-state index contributed by atoms with van der Waals surface area (Å²) >= 11 is 0. The van der Waals surface area contributed by atoms with E-state index in [1.54, 1.807) is 6.92 Å². The normalized spacial score (nSPS) is 27.9. The zero-order valence-corrected chi connectivity index (χ0v) is 13.7. The van der Waals surface area contributed by atoms with E-state index in [0.29, 0.717) is 6.04 Å². The van der Waals surface area contributed by atoms with Crippen molar-refractivity contribution in [1.29, 1.82) is 0 Å². The molecule has 2 rings (SSSR count). The number of carbonyl (C=O) groups excluding carboxylic acids is 1. The minimum absolute atomic E-state index is 0. The molecule has 0 spiro atoms. The number of hydrogen-bond acceptors (Lipinski definition) is 3. The molecule has 118 valence electrons. The fraction of sp³-hybridized carbons (Fsp3) is 0.933. The molecule has 0 aromatic rings. The Morgan fingerprint density at radius 2 is 1.75 bits per heavy atom. The molecule has 1 amide bonds. The van der Waals surface area contributed by atoms with Crippen LogP contribution in [0.25, 0.3) is 0 Å². The van der Waals surface area contributed by atoms with E-state index in [1.165, 1.54) is 45.3 Å². The van der Waals surface area contributed by atoms with Crippen molar-refractivity contribution in [1.82, 2.24) is 15.5 Å². The fourth-order valence-electron chi connectivity index (χ4n) is 3.57. The summed E-state index contributed by atoms with van der Waals surface area (Å²) in [7, 11) is 2.28. The van der Waals surface area contributed by atoms with Gasteiger partial charge in [-0.2, -0.15) is 0 Å². The molecule has 0 aromatic heterocycles. The van der Waals surface area contributed by atoms with Crippen LogP contribution in [-0.4, -0.2) is 49.6 Å². The summed E-state index contributed by atoms with van der Waals surface area (Å²) in [6.07, 6.45) is 7.39. The molecule has 2 aliphatic rings. The average molecular weight is 304 g/mol. The predicted octanol–water partition coefficient (Wildman–Crippen LogP) is 1.79. The first-order chi connectivity index (χ1) is 9.15. The summed E-state index contributed by atoms with van der Waals surface area (Å²) in [5, 5.41) is 6.49. The van der Waals surface area contributed by atoms with Crippen LogP contribution < -0.4 is 10.6 Å². The second kappa shape index (κ2) is 8.85. The van der Waals surface area contributed by atoms with Crippen molar-refractivity contribution >= 4 is 18.3 Å². The Morgan fingerprint density at radius 1 is 1.15 bits per heavy atom. The molecule has 2 N–H and O–H groups in total. The van der Waals surface area contributed by atoms with Gasteiger partial charge in [0.2, 0.25) is 5.91 Å². The molecule has 1 aliphatic carbocycles. The van der Waals surface area contributed by atoms with Crippen LogP contribution in [-0.2, 0) is 4.79 Å². The van der Waals surface area contributed by atoms with Gasteiger partial charge in [-0.1, -0.05) is 0 Å². The van der Waals surface area contributed by atoms with Crippen LogP contribution in [0.5, 0.6) is 0 Å². The summed E-state index contributed by atoms with van der Waals surface area (Å²) < 4.78 is 0. The molecule has 0 atom stereocenters. The summed E-state index contributed by atoms with van der Waals surface area (Å²) in [5.74, 6) is 0.992. The lowest BCUT2D eigenvalue weighted by Gasteiger charge is -2.37. The van der Waals surface area contributed by atoms with Gasteiger partial charge in [0.1, 0.15) is 0 Å². The van der Waals surface area contributed by atoms with Gasteiger partial charge in [-0.05, 0) is 64.6 Å². The summed E-state index contributed by atoms with van der Waals surface area (Å²) in [6.45, 7) is 5.24. The van der Waals surface area contributed by atoms with Crippen molar-refractivity contribution < 1.29 is 4.79 Å². The van der Waals surface area contributed by atoms with Crippen LogP contribution in [0.2, 0.25) is 0 Å². The number of hydrogen-bond donors (Lipinski definition) is 2. The molecule has 1 heterocycles. The molecule has 0 aromatic carbocycles. The molecular formula is C15H30ClN3O. The molecule has 0 radical (unpaired) electrons. The Balaban J connectivity index is 0.00000200. The first-order valence-corrected chi connectivity index (χ1v) is 7.83. The molecule has 1 saturated carbocycles. The van der Waals surface area contributed by atoms with Crippen LogP contribution in [0.15, 0.2) is 0 Å². The topological polar surface area (TPSA) is 44.4 Å². The molecule has 1 aliphatic heterocycles. The molecule has 4 nitrogen and oxygen atoms in total. The second-order valence-electron chi connectivity index (χ2n) is 6.34. The van der Waals surface area contributed by atoms with Gasteiger partial charge in [0.05, 0.1) is 0 Å². The van der Waals surface area contributed by atoms with E-state index in [1.807, 2.05) is 0 Å².